The van der Waals surface area contributed by atoms with Crippen molar-refractivity contribution in [3.05, 3.63) is 68.4 Å². The molecule has 0 radical (unpaired) electrons. The number of nitrogens with one attached hydrogen (secondary N) is 1. The van der Waals surface area contributed by atoms with E-state index in [2.05, 4.69) is 11.1 Å². The number of hydrogen-bond acceptors (Lipinski definition) is 5. The van der Waals surface area contributed by atoms with Crippen molar-refractivity contribution in [1.29, 1.82) is 0 Å². The second-order valence-corrected chi connectivity index (χ2v) is 8.41. The molecule has 0 spiro atoms. The molecule has 2 aromatic rings. The number of rotatable bonds is 7. The van der Waals surface area contributed by atoms with Crippen molar-refractivity contribution in [3.8, 4) is 0 Å². The predicted octanol–water partition coefficient (Wildman–Crippen LogP) is 2.57. The molecule has 1 aromatic heterocycles. The Bertz CT molecular complexity index is 1100. The quantitative estimate of drug-likeness (QED) is 0.646. The molecule has 1 aliphatic heterocycles. The maximum Gasteiger partial charge on any atom is 0.330 e. The zero-order valence-electron chi connectivity index (χ0n) is 18.2. The summed E-state index contributed by atoms with van der Waals surface area (Å²) in [5, 5.41) is 0. The van der Waals surface area contributed by atoms with E-state index in [1.54, 1.807) is 0 Å². The van der Waals surface area contributed by atoms with Crippen LogP contribution in [0.4, 0.5) is 11.5 Å². The van der Waals surface area contributed by atoms with Gasteiger partial charge in [0.15, 0.2) is 5.69 Å². The summed E-state index contributed by atoms with van der Waals surface area (Å²) < 4.78 is 6.92. The Hall–Kier alpha value is -3.13. The van der Waals surface area contributed by atoms with Crippen LogP contribution in [0.5, 0.6) is 0 Å². The summed E-state index contributed by atoms with van der Waals surface area (Å²) in [6.45, 7) is 1.04. The van der Waals surface area contributed by atoms with Gasteiger partial charge in [-0.2, -0.15) is 0 Å². The Kier molecular flexibility index (Phi) is 6.90. The minimum atomic E-state index is -0.652. The molecule has 32 heavy (non-hydrogen) atoms. The van der Waals surface area contributed by atoms with Crippen LogP contribution < -0.4 is 21.9 Å². The van der Waals surface area contributed by atoms with Gasteiger partial charge in [0.1, 0.15) is 11.9 Å². The van der Waals surface area contributed by atoms with Crippen molar-refractivity contribution < 1.29 is 9.53 Å². The fraction of sp³-hybridized carbons (Fsp3) is 0.458. The highest BCUT2D eigenvalue weighted by Crippen LogP contribution is 2.25. The first-order valence-electron chi connectivity index (χ1n) is 11.3. The maximum absolute atomic E-state index is 13.4. The largest absolute Gasteiger partial charge is 0.383 e. The van der Waals surface area contributed by atoms with Gasteiger partial charge < -0.3 is 15.4 Å². The number of hydrogen-bond donors (Lipinski definition) is 2. The number of H-pyrrole nitrogens is 1. The number of nitrogens with zero attached hydrogens (tertiary/aromatic N) is 2. The van der Waals surface area contributed by atoms with Gasteiger partial charge in [-0.25, -0.2) is 4.79 Å². The smallest absolute Gasteiger partial charge is 0.330 e. The normalized spacial score (nSPS) is 18.4. The molecular weight excluding hydrogens is 408 g/mol. The first-order valence-corrected chi connectivity index (χ1v) is 11.3. The van der Waals surface area contributed by atoms with Crippen LogP contribution in [0.2, 0.25) is 0 Å². The lowest BCUT2D eigenvalue weighted by atomic mass is 9.97. The summed E-state index contributed by atoms with van der Waals surface area (Å²) in [7, 11) is 0. The number of nitrogens with two attached hydrogens (primary N) is 1. The number of carbonyl (C=O) groups excluding carboxylic acids is 1. The Balaban J connectivity index is 1.70. The third kappa shape index (κ3) is 4.85. The van der Waals surface area contributed by atoms with Crippen LogP contribution in [0.15, 0.2) is 51.6 Å². The molecule has 0 saturated carbocycles. The Labute approximate surface area is 186 Å². The summed E-state index contributed by atoms with van der Waals surface area (Å²) in [6, 6.07) is 9.38. The Morgan fingerprint density at radius 2 is 2.00 bits per heavy atom. The molecule has 1 saturated heterocycles. The summed E-state index contributed by atoms with van der Waals surface area (Å²) in [5.41, 5.74) is 7.30. The van der Waals surface area contributed by atoms with E-state index >= 15 is 0 Å². The summed E-state index contributed by atoms with van der Waals surface area (Å²) in [4.78, 5) is 42.6. The first-order chi connectivity index (χ1) is 15.5. The number of carbonyl (C=O) groups is 1. The van der Waals surface area contributed by atoms with Gasteiger partial charge in [0.05, 0.1) is 6.54 Å². The molecule has 1 fully saturated rings. The fourth-order valence-electron chi connectivity index (χ4n) is 4.43. The number of allylic oxidation sites excluding steroid dienone is 1. The van der Waals surface area contributed by atoms with Gasteiger partial charge >= 0.3 is 5.69 Å². The maximum atomic E-state index is 13.4. The van der Waals surface area contributed by atoms with Gasteiger partial charge in [-0.05, 0) is 50.5 Å². The van der Waals surface area contributed by atoms with Crippen molar-refractivity contribution in [1.82, 2.24) is 9.55 Å². The van der Waals surface area contributed by atoms with Crippen molar-refractivity contribution in [2.75, 3.05) is 23.8 Å². The highest BCUT2D eigenvalue weighted by molar-refractivity contribution is 5.98. The van der Waals surface area contributed by atoms with Gasteiger partial charge in [0, 0.05) is 13.2 Å². The van der Waals surface area contributed by atoms with E-state index in [9.17, 15) is 14.4 Å². The molecule has 1 atom stereocenters. The van der Waals surface area contributed by atoms with Crippen molar-refractivity contribution in [3.63, 3.8) is 0 Å². The Morgan fingerprint density at radius 3 is 2.69 bits per heavy atom. The van der Waals surface area contributed by atoms with Crippen LogP contribution in [0.3, 0.4) is 0 Å². The standard InChI is InChI=1S/C24H30N4O4/c25-21-20(22(29)26-24(31)28(21)16-18-10-5-2-6-11-18)27(23(30)19-12-7-15-32-19)14-13-17-8-3-1-4-9-17/h2,5-6,8,10-11,19H,1,3-4,7,9,12-16,25H2,(H,26,29,31)/t19-/m1/s1. The van der Waals surface area contributed by atoms with Crippen LogP contribution >= 0.6 is 0 Å². The number of amides is 1. The zero-order chi connectivity index (χ0) is 22.5. The van der Waals surface area contributed by atoms with E-state index in [1.165, 1.54) is 21.5 Å². The highest BCUT2D eigenvalue weighted by Gasteiger charge is 2.32. The average Bonchev–Trinajstić information content (AvgIpc) is 3.35. The van der Waals surface area contributed by atoms with Crippen LogP contribution in [-0.4, -0.2) is 34.7 Å². The van der Waals surface area contributed by atoms with Gasteiger partial charge in [-0.15, -0.1) is 0 Å². The minimum absolute atomic E-state index is 0.00780. The zero-order valence-corrected chi connectivity index (χ0v) is 18.2. The lowest BCUT2D eigenvalue weighted by molar-refractivity contribution is -0.127. The van der Waals surface area contributed by atoms with Crippen LogP contribution in [-0.2, 0) is 16.1 Å². The topological polar surface area (TPSA) is 110 Å². The molecule has 0 bridgehead atoms. The third-order valence-corrected chi connectivity index (χ3v) is 6.18. The highest BCUT2D eigenvalue weighted by atomic mass is 16.5. The van der Waals surface area contributed by atoms with Gasteiger partial charge in [0.25, 0.3) is 11.5 Å². The molecule has 3 N–H and O–H groups in total. The van der Waals surface area contributed by atoms with Crippen LogP contribution in [0.1, 0.15) is 50.5 Å². The SMILES string of the molecule is Nc1c(N(CCC2=CCCCC2)C(=O)[C@H]2CCCO2)c(=O)[nH]c(=O)n1Cc1ccccc1. The molecule has 1 aromatic carbocycles. The van der Waals surface area contributed by atoms with Crippen LogP contribution in [0, 0.1) is 0 Å². The summed E-state index contributed by atoms with van der Waals surface area (Å²) >= 11 is 0. The van der Waals surface area contributed by atoms with E-state index in [0.29, 0.717) is 26.0 Å². The number of benzene rings is 1. The molecule has 8 heteroatoms. The first kappa shape index (κ1) is 22.1. The molecule has 1 amide bonds. The van der Waals surface area contributed by atoms with E-state index in [-0.39, 0.29) is 24.0 Å². The number of anilines is 2. The average molecular weight is 439 g/mol. The third-order valence-electron chi connectivity index (χ3n) is 6.18. The molecule has 8 nitrogen and oxygen atoms in total. The number of ether oxygens (including phenoxy) is 1. The second-order valence-electron chi connectivity index (χ2n) is 8.41. The van der Waals surface area contributed by atoms with E-state index in [1.807, 2.05) is 30.3 Å². The van der Waals surface area contributed by atoms with Gasteiger partial charge in [-0.3, -0.25) is 19.1 Å². The number of aromatic nitrogens is 2. The monoisotopic (exact) mass is 438 g/mol. The second kappa shape index (κ2) is 9.99. The Morgan fingerprint density at radius 1 is 1.19 bits per heavy atom. The molecular formula is C24H30N4O4. The van der Waals surface area contributed by atoms with Crippen molar-refractivity contribution in [2.45, 2.75) is 57.6 Å². The van der Waals surface area contributed by atoms with E-state index in [0.717, 1.165) is 31.2 Å². The molecule has 170 valence electrons. The molecule has 2 aliphatic rings. The minimum Gasteiger partial charge on any atom is -0.383 e. The van der Waals surface area contributed by atoms with Crippen LogP contribution in [0.25, 0.3) is 0 Å². The summed E-state index contributed by atoms with van der Waals surface area (Å²) in [6.07, 6.45) is 8.06. The van der Waals surface area contributed by atoms with E-state index in [4.69, 9.17) is 10.5 Å². The fourth-order valence-corrected chi connectivity index (χ4v) is 4.43. The van der Waals surface area contributed by atoms with Gasteiger partial charge in [0.2, 0.25) is 0 Å². The lowest BCUT2D eigenvalue weighted by Gasteiger charge is -2.27. The molecule has 2 heterocycles. The van der Waals surface area contributed by atoms with Crippen molar-refractivity contribution >= 4 is 17.4 Å². The van der Waals surface area contributed by atoms with Crippen molar-refractivity contribution in [2.24, 2.45) is 0 Å². The van der Waals surface area contributed by atoms with E-state index < -0.39 is 17.4 Å². The lowest BCUT2D eigenvalue weighted by Crippen LogP contribution is -2.45. The molecule has 4 rings (SSSR count). The summed E-state index contributed by atoms with van der Waals surface area (Å²) in [5.74, 6) is -0.285. The number of aromatic amines is 1. The number of nitrogen functional groups attached to an aromatic ring is 1. The predicted molar refractivity (Wildman–Crippen MR) is 124 cm³/mol. The van der Waals surface area contributed by atoms with Gasteiger partial charge in [-0.1, -0.05) is 42.0 Å². The molecule has 1 aliphatic carbocycles. The molecule has 0 unspecified atom stereocenters.